The van der Waals surface area contributed by atoms with E-state index in [4.69, 9.17) is 27.9 Å². The molecule has 1 aliphatic rings. The van der Waals surface area contributed by atoms with Crippen molar-refractivity contribution in [1.82, 2.24) is 19.8 Å². The molecule has 5 rings (SSSR count). The third-order valence-electron chi connectivity index (χ3n) is 8.61. The minimum Gasteiger partial charge on any atom is -0.436 e. The number of benzene rings is 3. The third kappa shape index (κ3) is 8.62. The van der Waals surface area contributed by atoms with E-state index >= 15 is 0 Å². The van der Waals surface area contributed by atoms with E-state index in [0.717, 1.165) is 56.0 Å². The summed E-state index contributed by atoms with van der Waals surface area (Å²) in [6.07, 6.45) is 2.55. The second kappa shape index (κ2) is 16.3. The van der Waals surface area contributed by atoms with Crippen LogP contribution in [0.15, 0.2) is 60.8 Å². The first-order valence-electron chi connectivity index (χ1n) is 16.7. The molecule has 1 aromatic heterocycles. The molecular formula is C37H43Cl2N7O3. The van der Waals surface area contributed by atoms with Gasteiger partial charge in [0.05, 0.1) is 15.7 Å². The molecule has 0 aliphatic carbocycles. The number of amides is 2. The topological polar surface area (TPSA) is 103 Å². The summed E-state index contributed by atoms with van der Waals surface area (Å²) >= 11 is 13.4. The van der Waals surface area contributed by atoms with Crippen LogP contribution in [0.3, 0.4) is 0 Å². The lowest BCUT2D eigenvalue weighted by Crippen LogP contribution is -2.46. The Balaban J connectivity index is 1.42. The zero-order valence-electron chi connectivity index (χ0n) is 28.6. The number of piperazine rings is 1. The van der Waals surface area contributed by atoms with E-state index in [1.54, 1.807) is 23.1 Å². The molecule has 0 radical (unpaired) electrons. The first kappa shape index (κ1) is 35.9. The predicted octanol–water partition coefficient (Wildman–Crippen LogP) is 8.20. The summed E-state index contributed by atoms with van der Waals surface area (Å²) in [5.74, 6) is -0.174. The summed E-state index contributed by atoms with van der Waals surface area (Å²) in [4.78, 5) is 42.1. The maximum atomic E-state index is 13.7. The number of aromatic nitrogens is 2. The van der Waals surface area contributed by atoms with Crippen molar-refractivity contribution in [2.24, 2.45) is 0 Å². The number of rotatable bonds is 12. The molecule has 10 nitrogen and oxygen atoms in total. The van der Waals surface area contributed by atoms with E-state index in [2.05, 4.69) is 37.3 Å². The number of aryl methyl sites for hydroxylation is 2. The molecule has 49 heavy (non-hydrogen) atoms. The van der Waals surface area contributed by atoms with E-state index in [0.29, 0.717) is 35.1 Å². The van der Waals surface area contributed by atoms with Crippen LogP contribution in [0.4, 0.5) is 23.0 Å². The van der Waals surface area contributed by atoms with Crippen molar-refractivity contribution in [3.05, 3.63) is 93.1 Å². The molecule has 2 N–H and O–H groups in total. The van der Waals surface area contributed by atoms with Crippen LogP contribution in [0.25, 0.3) is 0 Å². The number of hydrogen-bond donors (Lipinski definition) is 2. The molecule has 0 atom stereocenters. The number of nitrogens with one attached hydrogen (secondary N) is 2. The van der Waals surface area contributed by atoms with Gasteiger partial charge in [0.15, 0.2) is 0 Å². The molecule has 3 aromatic carbocycles. The SMILES string of the molecule is CCCN1CCN(c2ccc(Nc3ncc(C(=O)Nc4c(C)cccc4C)c(Oc4ccc(C(=O)N(CC)CC)cc4Cl)n3)cc2Cl)CC1. The normalized spacial score (nSPS) is 13.2. The Hall–Kier alpha value is -4.38. The minimum absolute atomic E-state index is 0.0152. The minimum atomic E-state index is -0.449. The Morgan fingerprint density at radius 3 is 2.27 bits per heavy atom. The van der Waals surface area contributed by atoms with Gasteiger partial charge < -0.3 is 25.2 Å². The second-order valence-electron chi connectivity index (χ2n) is 12.0. The van der Waals surface area contributed by atoms with E-state index in [9.17, 15) is 9.59 Å². The predicted molar refractivity (Wildman–Crippen MR) is 198 cm³/mol. The molecule has 258 valence electrons. The maximum Gasteiger partial charge on any atom is 0.262 e. The Morgan fingerprint density at radius 2 is 1.63 bits per heavy atom. The fraction of sp³-hybridized carbons (Fsp3) is 0.351. The van der Waals surface area contributed by atoms with Crippen molar-refractivity contribution >= 4 is 58.0 Å². The van der Waals surface area contributed by atoms with Crippen LogP contribution >= 0.6 is 23.2 Å². The van der Waals surface area contributed by atoms with Crippen LogP contribution in [0.5, 0.6) is 11.6 Å². The molecule has 1 fully saturated rings. The van der Waals surface area contributed by atoms with E-state index in [1.807, 2.05) is 64.1 Å². The van der Waals surface area contributed by atoms with Gasteiger partial charge in [0, 0.05) is 62.4 Å². The molecule has 2 heterocycles. The highest BCUT2D eigenvalue weighted by Gasteiger charge is 2.22. The van der Waals surface area contributed by atoms with E-state index in [1.165, 1.54) is 6.20 Å². The van der Waals surface area contributed by atoms with Gasteiger partial charge in [0.25, 0.3) is 11.8 Å². The first-order chi connectivity index (χ1) is 23.6. The highest BCUT2D eigenvalue weighted by molar-refractivity contribution is 6.33. The van der Waals surface area contributed by atoms with Crippen LogP contribution in [0.1, 0.15) is 59.0 Å². The van der Waals surface area contributed by atoms with Gasteiger partial charge in [-0.2, -0.15) is 4.98 Å². The standard InChI is InChI=1S/C37H43Cl2N7O3/c1-6-16-44-17-19-46(20-18-44)31-14-13-27(22-29(31)38)41-37-40-23-28(34(47)42-33-24(4)10-9-11-25(33)5)35(43-37)49-32-15-12-26(21-30(32)39)36(48)45(7-2)8-3/h9-15,21-23H,6-8,16-20H2,1-5H3,(H,42,47)(H,40,41,43). The number of halogens is 2. The zero-order chi connectivity index (χ0) is 35.1. The van der Waals surface area contributed by atoms with Gasteiger partial charge in [0.1, 0.15) is 11.3 Å². The first-order valence-corrected chi connectivity index (χ1v) is 17.4. The molecule has 1 aliphatic heterocycles. The molecule has 4 aromatic rings. The van der Waals surface area contributed by atoms with Gasteiger partial charge >= 0.3 is 0 Å². The largest absolute Gasteiger partial charge is 0.436 e. The molecule has 2 amide bonds. The Kier molecular flexibility index (Phi) is 12.0. The lowest BCUT2D eigenvalue weighted by molar-refractivity contribution is 0.0772. The molecule has 0 unspecified atom stereocenters. The number of para-hydroxylation sites is 1. The highest BCUT2D eigenvalue weighted by atomic mass is 35.5. The van der Waals surface area contributed by atoms with Crippen molar-refractivity contribution in [1.29, 1.82) is 0 Å². The van der Waals surface area contributed by atoms with Crippen LogP contribution in [-0.2, 0) is 0 Å². The molecular weight excluding hydrogens is 661 g/mol. The smallest absolute Gasteiger partial charge is 0.262 e. The highest BCUT2D eigenvalue weighted by Crippen LogP contribution is 2.34. The van der Waals surface area contributed by atoms with Crippen LogP contribution in [0.2, 0.25) is 10.0 Å². The van der Waals surface area contributed by atoms with E-state index < -0.39 is 5.91 Å². The van der Waals surface area contributed by atoms with Crippen molar-refractivity contribution in [3.63, 3.8) is 0 Å². The number of ether oxygens (including phenoxy) is 1. The molecule has 0 spiro atoms. The Labute approximate surface area is 298 Å². The van der Waals surface area contributed by atoms with Crippen LogP contribution in [-0.4, -0.2) is 77.4 Å². The van der Waals surface area contributed by atoms with Crippen LogP contribution in [0, 0.1) is 13.8 Å². The number of carbonyl (C=O) groups is 2. The summed E-state index contributed by atoms with van der Waals surface area (Å²) in [6, 6.07) is 16.3. The lowest BCUT2D eigenvalue weighted by atomic mass is 10.1. The number of carbonyl (C=O) groups excluding carboxylic acids is 2. The molecule has 0 saturated carbocycles. The van der Waals surface area contributed by atoms with Crippen LogP contribution < -0.4 is 20.3 Å². The summed E-state index contributed by atoms with van der Waals surface area (Å²) in [5, 5.41) is 6.99. The summed E-state index contributed by atoms with van der Waals surface area (Å²) < 4.78 is 6.19. The Morgan fingerprint density at radius 1 is 0.918 bits per heavy atom. The molecule has 12 heteroatoms. The average Bonchev–Trinajstić information content (AvgIpc) is 3.08. The quantitative estimate of drug-likeness (QED) is 0.152. The van der Waals surface area contributed by atoms with Gasteiger partial charge in [-0.05, 0) is 88.2 Å². The maximum absolute atomic E-state index is 13.7. The lowest BCUT2D eigenvalue weighted by Gasteiger charge is -2.36. The van der Waals surface area contributed by atoms with Gasteiger partial charge in [-0.3, -0.25) is 14.5 Å². The summed E-state index contributed by atoms with van der Waals surface area (Å²) in [6.45, 7) is 16.0. The fourth-order valence-corrected chi connectivity index (χ4v) is 6.38. The van der Waals surface area contributed by atoms with Gasteiger partial charge in [-0.15, -0.1) is 0 Å². The Bertz CT molecular complexity index is 1790. The zero-order valence-corrected chi connectivity index (χ0v) is 30.2. The van der Waals surface area contributed by atoms with Crippen molar-refractivity contribution in [2.75, 3.05) is 61.3 Å². The third-order valence-corrected chi connectivity index (χ3v) is 9.21. The summed E-state index contributed by atoms with van der Waals surface area (Å²) in [7, 11) is 0. The molecule has 0 bridgehead atoms. The van der Waals surface area contributed by atoms with Gasteiger partial charge in [0.2, 0.25) is 11.8 Å². The van der Waals surface area contributed by atoms with Crippen molar-refractivity contribution < 1.29 is 14.3 Å². The molecule has 1 saturated heterocycles. The van der Waals surface area contributed by atoms with Gasteiger partial charge in [-0.1, -0.05) is 48.3 Å². The van der Waals surface area contributed by atoms with Gasteiger partial charge in [-0.25, -0.2) is 4.98 Å². The number of hydrogen-bond acceptors (Lipinski definition) is 8. The van der Waals surface area contributed by atoms with Crippen molar-refractivity contribution in [3.8, 4) is 11.6 Å². The van der Waals surface area contributed by atoms with E-state index in [-0.39, 0.29) is 34.1 Å². The van der Waals surface area contributed by atoms with Crippen molar-refractivity contribution in [2.45, 2.75) is 41.0 Å². The number of nitrogens with zero attached hydrogens (tertiary/aromatic N) is 5. The second-order valence-corrected chi connectivity index (χ2v) is 12.8. The average molecular weight is 705 g/mol. The number of anilines is 4. The fourth-order valence-electron chi connectivity index (χ4n) is 5.87. The monoisotopic (exact) mass is 703 g/mol. The summed E-state index contributed by atoms with van der Waals surface area (Å²) in [5.41, 5.74) is 4.70.